The number of unbranched alkanes of at least 4 members (excludes halogenated alkanes) is 13. The zero-order valence-electron chi connectivity index (χ0n) is 17.1. The normalized spacial score (nSPS) is 11.3. The van der Waals surface area contributed by atoms with Crippen molar-refractivity contribution in [2.45, 2.75) is 96.3 Å². The molecule has 0 aliphatic heterocycles. The van der Waals surface area contributed by atoms with Crippen molar-refractivity contribution in [3.05, 3.63) is 35.9 Å². The lowest BCUT2D eigenvalue weighted by Gasteiger charge is -2.08. The average molecular weight is 346 g/mol. The van der Waals surface area contributed by atoms with E-state index >= 15 is 0 Å². The van der Waals surface area contributed by atoms with Crippen molar-refractivity contribution in [1.82, 2.24) is 4.90 Å². The van der Waals surface area contributed by atoms with Gasteiger partial charge in [0.15, 0.2) is 0 Å². The van der Waals surface area contributed by atoms with E-state index in [1.165, 1.54) is 108 Å². The van der Waals surface area contributed by atoms with Gasteiger partial charge >= 0.3 is 0 Å². The van der Waals surface area contributed by atoms with Gasteiger partial charge in [-0.05, 0) is 45.5 Å². The molecule has 1 heteroatoms. The molecule has 0 aromatic heterocycles. The summed E-state index contributed by atoms with van der Waals surface area (Å²) in [7, 11) is 4.34. The van der Waals surface area contributed by atoms with Crippen molar-refractivity contribution in [2.75, 3.05) is 20.6 Å². The van der Waals surface area contributed by atoms with Gasteiger partial charge in [-0.15, -0.1) is 0 Å². The Morgan fingerprint density at radius 2 is 0.920 bits per heavy atom. The van der Waals surface area contributed by atoms with Gasteiger partial charge in [0.25, 0.3) is 0 Å². The summed E-state index contributed by atoms with van der Waals surface area (Å²) < 4.78 is 0. The van der Waals surface area contributed by atoms with Crippen LogP contribution in [0.2, 0.25) is 0 Å². The molecule has 1 aromatic carbocycles. The van der Waals surface area contributed by atoms with Gasteiger partial charge in [0.05, 0.1) is 0 Å². The lowest BCUT2D eigenvalue weighted by molar-refractivity contribution is 0.389. The summed E-state index contributed by atoms with van der Waals surface area (Å²) in [5.74, 6) is 0. The number of hydrogen-bond donors (Lipinski definition) is 0. The summed E-state index contributed by atoms with van der Waals surface area (Å²) in [6.45, 7) is 1.26. The lowest BCUT2D eigenvalue weighted by Crippen LogP contribution is -2.12. The second kappa shape index (κ2) is 16.6. The molecule has 0 aliphatic rings. The van der Waals surface area contributed by atoms with Crippen molar-refractivity contribution in [1.29, 1.82) is 0 Å². The van der Waals surface area contributed by atoms with Gasteiger partial charge < -0.3 is 4.90 Å². The highest BCUT2D eigenvalue weighted by molar-refractivity contribution is 5.14. The number of aryl methyl sites for hydroxylation is 1. The predicted molar refractivity (Wildman–Crippen MR) is 113 cm³/mol. The van der Waals surface area contributed by atoms with Crippen LogP contribution in [-0.2, 0) is 6.42 Å². The molecule has 0 heterocycles. The Morgan fingerprint density at radius 3 is 1.36 bits per heavy atom. The summed E-state index contributed by atoms with van der Waals surface area (Å²) in [6.07, 6.45) is 21.4. The van der Waals surface area contributed by atoms with Crippen LogP contribution in [0.4, 0.5) is 0 Å². The first-order chi connectivity index (χ1) is 12.3. The summed E-state index contributed by atoms with van der Waals surface area (Å²) >= 11 is 0. The number of rotatable bonds is 17. The van der Waals surface area contributed by atoms with E-state index in [-0.39, 0.29) is 0 Å². The molecule has 0 saturated heterocycles. The molecule has 0 radical (unpaired) electrons. The van der Waals surface area contributed by atoms with E-state index in [1.54, 1.807) is 0 Å². The molecule has 0 amide bonds. The maximum absolute atomic E-state index is 2.29. The molecular formula is C24H43N. The van der Waals surface area contributed by atoms with Crippen LogP contribution in [0.3, 0.4) is 0 Å². The van der Waals surface area contributed by atoms with Gasteiger partial charge in [-0.25, -0.2) is 0 Å². The molecule has 0 N–H and O–H groups in total. The summed E-state index contributed by atoms with van der Waals surface area (Å²) in [4.78, 5) is 2.29. The fraction of sp³-hybridized carbons (Fsp3) is 0.750. The molecule has 0 unspecified atom stereocenters. The highest BCUT2D eigenvalue weighted by Gasteiger charge is 1.96. The predicted octanol–water partition coefficient (Wildman–Crippen LogP) is 7.25. The van der Waals surface area contributed by atoms with Crippen LogP contribution in [0.5, 0.6) is 0 Å². The molecule has 0 aliphatic carbocycles. The molecule has 0 bridgehead atoms. The highest BCUT2D eigenvalue weighted by Crippen LogP contribution is 2.14. The molecule has 1 rings (SSSR count). The minimum Gasteiger partial charge on any atom is -0.309 e. The number of nitrogens with zero attached hydrogens (tertiary/aromatic N) is 1. The van der Waals surface area contributed by atoms with E-state index in [0.717, 1.165) is 0 Å². The van der Waals surface area contributed by atoms with Crippen LogP contribution in [0.25, 0.3) is 0 Å². The first kappa shape index (κ1) is 22.2. The molecule has 1 aromatic rings. The van der Waals surface area contributed by atoms with Crippen molar-refractivity contribution in [2.24, 2.45) is 0 Å². The molecule has 1 nitrogen and oxygen atoms in total. The summed E-state index contributed by atoms with van der Waals surface area (Å²) in [6, 6.07) is 10.9. The van der Waals surface area contributed by atoms with Crippen LogP contribution in [0, 0.1) is 0 Å². The van der Waals surface area contributed by atoms with Gasteiger partial charge in [-0.1, -0.05) is 107 Å². The first-order valence-corrected chi connectivity index (χ1v) is 11.0. The van der Waals surface area contributed by atoms with Gasteiger partial charge in [0.1, 0.15) is 0 Å². The highest BCUT2D eigenvalue weighted by atomic mass is 15.0. The summed E-state index contributed by atoms with van der Waals surface area (Å²) in [5.41, 5.74) is 1.50. The van der Waals surface area contributed by atoms with E-state index in [4.69, 9.17) is 0 Å². The second-order valence-corrected chi connectivity index (χ2v) is 7.99. The standard InChI is InChI=1S/C24H43N/c1-25(2)23-19-14-12-10-8-6-4-3-5-7-9-11-13-16-20-24-21-17-15-18-22-24/h15,17-18,21-22H,3-14,16,19-20,23H2,1-2H3. The fourth-order valence-electron chi connectivity index (χ4n) is 3.52. The quantitative estimate of drug-likeness (QED) is 0.269. The Labute approximate surface area is 158 Å². The maximum Gasteiger partial charge on any atom is -0.00248 e. The van der Waals surface area contributed by atoms with Gasteiger partial charge in [-0.2, -0.15) is 0 Å². The van der Waals surface area contributed by atoms with Crippen LogP contribution in [-0.4, -0.2) is 25.5 Å². The van der Waals surface area contributed by atoms with Crippen molar-refractivity contribution in [3.63, 3.8) is 0 Å². The zero-order chi connectivity index (χ0) is 18.0. The third-order valence-electron chi connectivity index (χ3n) is 5.16. The van der Waals surface area contributed by atoms with Crippen LogP contribution >= 0.6 is 0 Å². The molecule has 0 fully saturated rings. The maximum atomic E-state index is 2.29. The third kappa shape index (κ3) is 15.2. The Hall–Kier alpha value is -0.820. The Bertz CT molecular complexity index is 371. The monoisotopic (exact) mass is 345 g/mol. The Kier molecular flexibility index (Phi) is 14.8. The molecule has 0 saturated carbocycles. The fourth-order valence-corrected chi connectivity index (χ4v) is 3.52. The average Bonchev–Trinajstić information content (AvgIpc) is 2.62. The van der Waals surface area contributed by atoms with Crippen LogP contribution < -0.4 is 0 Å². The minimum absolute atomic E-state index is 1.26. The molecule has 0 spiro atoms. The van der Waals surface area contributed by atoms with Crippen LogP contribution in [0.1, 0.15) is 95.5 Å². The van der Waals surface area contributed by atoms with Gasteiger partial charge in [0.2, 0.25) is 0 Å². The van der Waals surface area contributed by atoms with E-state index in [0.29, 0.717) is 0 Å². The number of benzene rings is 1. The van der Waals surface area contributed by atoms with Crippen molar-refractivity contribution in [3.8, 4) is 0 Å². The Morgan fingerprint density at radius 1 is 0.520 bits per heavy atom. The third-order valence-corrected chi connectivity index (χ3v) is 5.16. The van der Waals surface area contributed by atoms with Crippen molar-refractivity contribution < 1.29 is 0 Å². The SMILES string of the molecule is CN(C)CCCCCCCCCCCCCCCCc1ccccc1. The van der Waals surface area contributed by atoms with E-state index in [1.807, 2.05) is 0 Å². The second-order valence-electron chi connectivity index (χ2n) is 7.99. The zero-order valence-corrected chi connectivity index (χ0v) is 17.1. The smallest absolute Gasteiger partial charge is 0.00248 e. The van der Waals surface area contributed by atoms with E-state index < -0.39 is 0 Å². The first-order valence-electron chi connectivity index (χ1n) is 11.0. The molecule has 0 atom stereocenters. The van der Waals surface area contributed by atoms with E-state index in [2.05, 4.69) is 49.3 Å². The topological polar surface area (TPSA) is 3.24 Å². The Balaban J connectivity index is 1.71. The van der Waals surface area contributed by atoms with Gasteiger partial charge in [0, 0.05) is 0 Å². The molecule has 25 heavy (non-hydrogen) atoms. The minimum atomic E-state index is 1.26. The molecule has 144 valence electrons. The lowest BCUT2D eigenvalue weighted by atomic mass is 10.0. The van der Waals surface area contributed by atoms with Gasteiger partial charge in [-0.3, -0.25) is 0 Å². The molecular weight excluding hydrogens is 302 g/mol. The van der Waals surface area contributed by atoms with Crippen LogP contribution in [0.15, 0.2) is 30.3 Å². The summed E-state index contributed by atoms with van der Waals surface area (Å²) in [5, 5.41) is 0. The van der Waals surface area contributed by atoms with Crippen molar-refractivity contribution >= 4 is 0 Å². The number of hydrogen-bond acceptors (Lipinski definition) is 1. The largest absolute Gasteiger partial charge is 0.309 e. The van der Waals surface area contributed by atoms with E-state index in [9.17, 15) is 0 Å².